The maximum absolute atomic E-state index is 2.58. The van der Waals surface area contributed by atoms with Crippen molar-refractivity contribution in [2.75, 3.05) is 0 Å². The van der Waals surface area contributed by atoms with Crippen LogP contribution in [-0.4, -0.2) is 19.1 Å². The van der Waals surface area contributed by atoms with Crippen molar-refractivity contribution in [2.24, 2.45) is 0 Å². The fourth-order valence-corrected chi connectivity index (χ4v) is 14.8. The molecule has 0 nitrogen and oxygen atoms in total. The second-order valence-corrected chi connectivity index (χ2v) is 17.1. The molecule has 1 saturated carbocycles. The van der Waals surface area contributed by atoms with Gasteiger partial charge in [-0.1, -0.05) is 32.5 Å². The molecule has 3 atom stereocenters. The van der Waals surface area contributed by atoms with Gasteiger partial charge in [0, 0.05) is 0 Å². The van der Waals surface area contributed by atoms with Gasteiger partial charge in [0.05, 0.1) is 7.74 Å². The number of fused-ring (bicyclic) bond motifs is 1. The summed E-state index contributed by atoms with van der Waals surface area (Å²) in [5.74, 6) is 0. The first-order chi connectivity index (χ1) is 5.11. The molecule has 2 fully saturated rings. The first kappa shape index (κ1) is 8.25. The minimum atomic E-state index is -0.687. The predicted molar refractivity (Wildman–Crippen MR) is 56.3 cm³/mol. The summed E-state index contributed by atoms with van der Waals surface area (Å²) in [6, 6.07) is 0. The lowest BCUT2D eigenvalue weighted by Gasteiger charge is -2.15. The molecular weight excluding hydrogens is 167 g/mol. The Balaban J connectivity index is 2.00. The number of rotatable bonds is 1. The van der Waals surface area contributed by atoms with Gasteiger partial charge in [0.2, 0.25) is 0 Å². The zero-order valence-electron chi connectivity index (χ0n) is 7.93. The van der Waals surface area contributed by atoms with E-state index in [9.17, 15) is 0 Å². The van der Waals surface area contributed by atoms with E-state index < -0.39 is 7.74 Å². The van der Waals surface area contributed by atoms with Crippen molar-refractivity contribution >= 4 is 15.2 Å². The van der Waals surface area contributed by atoms with Gasteiger partial charge < -0.3 is 0 Å². The molecule has 0 aromatic heterocycles. The minimum absolute atomic E-state index is 0.583. The Hall–Kier alpha value is 0.647. The van der Waals surface area contributed by atoms with Crippen molar-refractivity contribution in [2.45, 2.75) is 56.6 Å². The Morgan fingerprint density at radius 2 is 1.45 bits per heavy atom. The monoisotopic (exact) mass is 186 g/mol. The zero-order valence-corrected chi connectivity index (χ0v) is 9.82. The Morgan fingerprint density at radius 1 is 1.00 bits per heavy atom. The average molecular weight is 186 g/mol. The molecule has 0 amide bonds. The van der Waals surface area contributed by atoms with Crippen LogP contribution < -0.4 is 0 Å². The summed E-state index contributed by atoms with van der Waals surface area (Å²) in [4.78, 5) is 0. The van der Waals surface area contributed by atoms with Crippen molar-refractivity contribution in [3.05, 3.63) is 0 Å². The second kappa shape index (κ2) is 2.57. The highest BCUT2D eigenvalue weighted by atomic mass is 31.4. The van der Waals surface area contributed by atoms with E-state index in [1.165, 1.54) is 11.3 Å². The molecule has 0 N–H and O–H groups in total. The van der Waals surface area contributed by atoms with Crippen LogP contribution in [0.3, 0.4) is 0 Å². The van der Waals surface area contributed by atoms with Crippen LogP contribution in [0.2, 0.25) is 19.6 Å². The van der Waals surface area contributed by atoms with Crippen LogP contribution in [0.1, 0.15) is 25.7 Å². The van der Waals surface area contributed by atoms with Gasteiger partial charge in [-0.15, -0.1) is 7.47 Å². The molecule has 64 valence electrons. The highest BCUT2D eigenvalue weighted by molar-refractivity contribution is 8.00. The molecular formula is C9H19PSi. The Morgan fingerprint density at radius 3 is 1.82 bits per heavy atom. The van der Waals surface area contributed by atoms with Crippen LogP contribution in [0, 0.1) is 0 Å². The Labute approximate surface area is 72.4 Å². The van der Waals surface area contributed by atoms with E-state index in [0.29, 0.717) is 7.47 Å². The van der Waals surface area contributed by atoms with Gasteiger partial charge in [0.25, 0.3) is 0 Å². The predicted octanol–water partition coefficient (Wildman–Crippen LogP) is 3.63. The summed E-state index contributed by atoms with van der Waals surface area (Å²) >= 11 is 0. The largest absolute Gasteiger partial charge is 0.111 e. The lowest BCUT2D eigenvalue weighted by atomic mass is 10.0. The normalized spacial score (nSPS) is 43.4. The quantitative estimate of drug-likeness (QED) is 0.433. The summed E-state index contributed by atoms with van der Waals surface area (Å²) in [5.41, 5.74) is 2.51. The number of hydrogen-bond donors (Lipinski definition) is 0. The van der Waals surface area contributed by atoms with E-state index in [0.717, 1.165) is 0 Å². The summed E-state index contributed by atoms with van der Waals surface area (Å²) in [5, 5.41) is 0. The SMILES string of the molecule is C[Si](C)(C)P1[C@@H]2CCCC[C@@H]21. The lowest BCUT2D eigenvalue weighted by Crippen LogP contribution is -2.12. The van der Waals surface area contributed by atoms with Gasteiger partial charge in [-0.05, 0) is 24.2 Å². The third-order valence-electron chi connectivity index (χ3n) is 3.09. The van der Waals surface area contributed by atoms with Gasteiger partial charge >= 0.3 is 0 Å². The topological polar surface area (TPSA) is 0 Å². The van der Waals surface area contributed by atoms with Gasteiger partial charge in [-0.3, -0.25) is 0 Å². The summed E-state index contributed by atoms with van der Waals surface area (Å²) < 4.78 is 0. The van der Waals surface area contributed by atoms with Crippen LogP contribution in [0.5, 0.6) is 0 Å². The molecule has 1 aliphatic heterocycles. The van der Waals surface area contributed by atoms with Crippen LogP contribution >= 0.6 is 7.47 Å². The van der Waals surface area contributed by atoms with E-state index in [2.05, 4.69) is 19.6 Å². The van der Waals surface area contributed by atoms with Gasteiger partial charge in [0.15, 0.2) is 0 Å². The Bertz CT molecular complexity index is 149. The van der Waals surface area contributed by atoms with Gasteiger partial charge in [-0.2, -0.15) is 0 Å². The van der Waals surface area contributed by atoms with Crippen molar-refractivity contribution in [1.29, 1.82) is 0 Å². The second-order valence-electron chi connectivity index (χ2n) is 5.00. The molecule has 2 aliphatic rings. The molecule has 0 spiro atoms. The molecule has 1 saturated heterocycles. The van der Waals surface area contributed by atoms with Crippen molar-refractivity contribution in [3.8, 4) is 0 Å². The lowest BCUT2D eigenvalue weighted by molar-refractivity contribution is 0.571. The van der Waals surface area contributed by atoms with E-state index in [1.807, 2.05) is 0 Å². The van der Waals surface area contributed by atoms with E-state index in [4.69, 9.17) is 0 Å². The molecule has 2 heteroatoms. The summed E-state index contributed by atoms with van der Waals surface area (Å²) in [6.07, 6.45) is 6.29. The maximum Gasteiger partial charge on any atom is 0.0727 e. The average Bonchev–Trinajstić information content (AvgIpc) is 2.58. The van der Waals surface area contributed by atoms with E-state index in [1.54, 1.807) is 25.7 Å². The minimum Gasteiger partial charge on any atom is -0.111 e. The third-order valence-corrected chi connectivity index (χ3v) is 13.6. The van der Waals surface area contributed by atoms with Crippen LogP contribution in [0.15, 0.2) is 0 Å². The molecule has 0 aromatic rings. The standard InChI is InChI=1S/C9H19PSi/c1-11(2,3)10-8-6-4-5-7-9(8)10/h8-9H,4-7H2,1-3H3/t8-,9+,10?. The molecule has 1 unspecified atom stereocenters. The molecule has 0 aromatic carbocycles. The van der Waals surface area contributed by atoms with Crippen LogP contribution in [0.25, 0.3) is 0 Å². The highest BCUT2D eigenvalue weighted by Crippen LogP contribution is 2.76. The molecule has 1 aliphatic carbocycles. The summed E-state index contributed by atoms with van der Waals surface area (Å²) in [6.45, 7) is 7.74. The van der Waals surface area contributed by atoms with Crippen molar-refractivity contribution < 1.29 is 0 Å². The molecule has 11 heavy (non-hydrogen) atoms. The molecule has 1 heterocycles. The number of hydrogen-bond acceptors (Lipinski definition) is 0. The fourth-order valence-electron chi connectivity index (χ4n) is 2.70. The maximum atomic E-state index is 2.58. The fraction of sp³-hybridized carbons (Fsp3) is 1.00. The summed E-state index contributed by atoms with van der Waals surface area (Å²) in [7, 11) is -0.104. The molecule has 2 rings (SSSR count). The van der Waals surface area contributed by atoms with E-state index in [-0.39, 0.29) is 0 Å². The van der Waals surface area contributed by atoms with Crippen molar-refractivity contribution in [3.63, 3.8) is 0 Å². The van der Waals surface area contributed by atoms with Gasteiger partial charge in [-0.25, -0.2) is 0 Å². The third kappa shape index (κ3) is 1.42. The first-order valence-electron chi connectivity index (χ1n) is 4.89. The van der Waals surface area contributed by atoms with Gasteiger partial charge in [0.1, 0.15) is 0 Å². The van der Waals surface area contributed by atoms with Crippen LogP contribution in [-0.2, 0) is 0 Å². The van der Waals surface area contributed by atoms with Crippen molar-refractivity contribution in [1.82, 2.24) is 0 Å². The Kier molecular flexibility index (Phi) is 1.93. The highest BCUT2D eigenvalue weighted by Gasteiger charge is 2.55. The van der Waals surface area contributed by atoms with E-state index >= 15 is 0 Å². The molecule has 0 bridgehead atoms. The first-order valence-corrected chi connectivity index (χ1v) is 10.7. The van der Waals surface area contributed by atoms with Crippen LogP contribution in [0.4, 0.5) is 0 Å². The molecule has 0 radical (unpaired) electrons. The smallest absolute Gasteiger partial charge is 0.0727 e. The zero-order chi connectivity index (χ0) is 8.06.